The Morgan fingerprint density at radius 3 is 2.60 bits per heavy atom. The lowest BCUT2D eigenvalue weighted by molar-refractivity contribution is 0.0873. The third kappa shape index (κ3) is 3.99. The van der Waals surface area contributed by atoms with E-state index in [1.807, 2.05) is 19.2 Å². The fourth-order valence-electron chi connectivity index (χ4n) is 3.28. The maximum Gasteiger partial charge on any atom is 0.330 e. The molecule has 138 valence electrons. The molecule has 0 saturated carbocycles. The van der Waals surface area contributed by atoms with E-state index < -0.39 is 8.07 Å². The smallest absolute Gasteiger partial charge is 0.330 e. The van der Waals surface area contributed by atoms with Crippen LogP contribution in [0.2, 0.25) is 25.7 Å². The van der Waals surface area contributed by atoms with Crippen molar-refractivity contribution in [2.24, 2.45) is 7.05 Å². The predicted octanol–water partition coefficient (Wildman–Crippen LogP) is 2.06. The van der Waals surface area contributed by atoms with Crippen LogP contribution >= 0.6 is 0 Å². The van der Waals surface area contributed by atoms with Gasteiger partial charge in [-0.2, -0.15) is 0 Å². The number of aromatic nitrogens is 2. The number of piperazine rings is 1. The number of nitrogens with one attached hydrogen (secondary N) is 1. The molecule has 3 rings (SSSR count). The summed E-state index contributed by atoms with van der Waals surface area (Å²) in [4.78, 5) is 15.1. The molecule has 6 nitrogen and oxygen atoms in total. The number of anilines is 1. The highest BCUT2D eigenvalue weighted by Crippen LogP contribution is 2.26. The van der Waals surface area contributed by atoms with Crippen molar-refractivity contribution < 1.29 is 4.74 Å². The quantitative estimate of drug-likeness (QED) is 0.631. The SMILES string of the molecule is Cn1c(=O)n(COCC[Si](C)(C)C)c2cccc(N3CCNCC3)c21. The van der Waals surface area contributed by atoms with Crippen molar-refractivity contribution in [3.63, 3.8) is 0 Å². The van der Waals surface area contributed by atoms with E-state index in [0.717, 1.165) is 55.6 Å². The number of para-hydroxylation sites is 1. The number of rotatable bonds is 6. The van der Waals surface area contributed by atoms with Gasteiger partial charge in [-0.25, -0.2) is 4.79 Å². The van der Waals surface area contributed by atoms with E-state index in [4.69, 9.17) is 4.74 Å². The topological polar surface area (TPSA) is 51.4 Å². The summed E-state index contributed by atoms with van der Waals surface area (Å²) in [5.41, 5.74) is 3.09. The van der Waals surface area contributed by atoms with Crippen molar-refractivity contribution in [2.45, 2.75) is 32.4 Å². The lowest BCUT2D eigenvalue weighted by atomic mass is 10.2. The Balaban J connectivity index is 1.87. The van der Waals surface area contributed by atoms with Crippen molar-refractivity contribution in [2.75, 3.05) is 37.7 Å². The number of hydrogen-bond acceptors (Lipinski definition) is 4. The molecule has 0 bridgehead atoms. The molecule has 1 fully saturated rings. The second-order valence-electron chi connectivity index (χ2n) is 8.00. The monoisotopic (exact) mass is 362 g/mol. The van der Waals surface area contributed by atoms with Crippen molar-refractivity contribution in [1.82, 2.24) is 14.5 Å². The van der Waals surface area contributed by atoms with Crippen LogP contribution in [0.5, 0.6) is 0 Å². The Bertz CT molecular complexity index is 785. The molecule has 1 aliphatic rings. The van der Waals surface area contributed by atoms with Crippen LogP contribution in [0, 0.1) is 0 Å². The maximum atomic E-state index is 12.7. The molecule has 7 heteroatoms. The summed E-state index contributed by atoms with van der Waals surface area (Å²) in [5, 5.41) is 3.38. The van der Waals surface area contributed by atoms with Gasteiger partial charge in [-0.15, -0.1) is 0 Å². The molecule has 1 aromatic carbocycles. The van der Waals surface area contributed by atoms with Crippen LogP contribution < -0.4 is 15.9 Å². The average molecular weight is 363 g/mol. The van der Waals surface area contributed by atoms with Gasteiger partial charge in [0.25, 0.3) is 0 Å². The van der Waals surface area contributed by atoms with Gasteiger partial charge in [0.15, 0.2) is 0 Å². The number of aryl methyl sites for hydroxylation is 1. The first kappa shape index (κ1) is 18.2. The largest absolute Gasteiger partial charge is 0.367 e. The third-order valence-corrected chi connectivity index (χ3v) is 6.52. The maximum absolute atomic E-state index is 12.7. The lowest BCUT2D eigenvalue weighted by Crippen LogP contribution is -2.43. The van der Waals surface area contributed by atoms with E-state index >= 15 is 0 Å². The summed E-state index contributed by atoms with van der Waals surface area (Å²) in [7, 11) is 0.737. The molecule has 0 amide bonds. The number of ether oxygens (including phenoxy) is 1. The van der Waals surface area contributed by atoms with Crippen molar-refractivity contribution >= 4 is 24.8 Å². The molecule has 1 N–H and O–H groups in total. The van der Waals surface area contributed by atoms with E-state index in [1.165, 1.54) is 0 Å². The van der Waals surface area contributed by atoms with Gasteiger partial charge in [0, 0.05) is 47.9 Å². The Hall–Kier alpha value is -1.57. The zero-order valence-corrected chi connectivity index (χ0v) is 16.8. The average Bonchev–Trinajstić information content (AvgIpc) is 2.83. The second-order valence-corrected chi connectivity index (χ2v) is 13.6. The Labute approximate surface area is 150 Å². The molecule has 25 heavy (non-hydrogen) atoms. The number of nitrogens with zero attached hydrogens (tertiary/aromatic N) is 3. The standard InChI is InChI=1S/C18H30N4O2Si/c1-20-17-15(21-10-8-19-9-11-21)6-5-7-16(17)22(18(20)23)14-24-12-13-25(2,3)4/h5-7,19H,8-14H2,1-4H3. The summed E-state index contributed by atoms with van der Waals surface area (Å²) in [6.45, 7) is 11.9. The summed E-state index contributed by atoms with van der Waals surface area (Å²) in [5.74, 6) is 0. The molecular weight excluding hydrogens is 332 g/mol. The molecular formula is C18H30N4O2Si. The summed E-state index contributed by atoms with van der Waals surface area (Å²) in [6, 6.07) is 7.28. The highest BCUT2D eigenvalue weighted by molar-refractivity contribution is 6.76. The minimum atomic E-state index is -1.12. The Morgan fingerprint density at radius 2 is 1.92 bits per heavy atom. The molecule has 0 atom stereocenters. The molecule has 2 heterocycles. The van der Waals surface area contributed by atoms with Gasteiger partial charge in [0.2, 0.25) is 0 Å². The highest BCUT2D eigenvalue weighted by atomic mass is 28.3. The third-order valence-electron chi connectivity index (χ3n) is 4.81. The molecule has 1 aliphatic heterocycles. The predicted molar refractivity (Wildman–Crippen MR) is 106 cm³/mol. The highest BCUT2D eigenvalue weighted by Gasteiger charge is 2.19. The second kappa shape index (κ2) is 7.35. The fraction of sp³-hybridized carbons (Fsp3) is 0.611. The van der Waals surface area contributed by atoms with Gasteiger partial charge in [-0.05, 0) is 18.2 Å². The summed E-state index contributed by atoms with van der Waals surface area (Å²) >= 11 is 0. The molecule has 0 spiro atoms. The Morgan fingerprint density at radius 1 is 1.20 bits per heavy atom. The molecule has 1 aromatic heterocycles. The molecule has 0 aliphatic carbocycles. The molecule has 2 aromatic rings. The number of hydrogen-bond donors (Lipinski definition) is 1. The van der Waals surface area contributed by atoms with Crippen molar-refractivity contribution in [1.29, 1.82) is 0 Å². The Kier molecular flexibility index (Phi) is 5.36. The first-order valence-electron chi connectivity index (χ1n) is 9.10. The van der Waals surface area contributed by atoms with Gasteiger partial charge in [-0.3, -0.25) is 9.13 Å². The van der Waals surface area contributed by atoms with Crippen LogP contribution in [0.3, 0.4) is 0 Å². The number of benzene rings is 1. The molecule has 1 saturated heterocycles. The van der Waals surface area contributed by atoms with E-state index in [9.17, 15) is 4.79 Å². The van der Waals surface area contributed by atoms with Crippen molar-refractivity contribution in [3.8, 4) is 0 Å². The van der Waals surface area contributed by atoms with Gasteiger partial charge >= 0.3 is 5.69 Å². The summed E-state index contributed by atoms with van der Waals surface area (Å²) < 4.78 is 9.36. The normalized spacial score (nSPS) is 15.9. The van der Waals surface area contributed by atoms with Gasteiger partial charge in [0.05, 0.1) is 16.7 Å². The molecule has 0 radical (unpaired) electrons. The number of imidazole rings is 1. The van der Waals surface area contributed by atoms with Crippen molar-refractivity contribution in [3.05, 3.63) is 28.7 Å². The fourth-order valence-corrected chi connectivity index (χ4v) is 4.04. The first-order chi connectivity index (χ1) is 11.9. The summed E-state index contributed by atoms with van der Waals surface area (Å²) in [6.07, 6.45) is 0. The zero-order chi connectivity index (χ0) is 18.0. The van der Waals surface area contributed by atoms with Gasteiger partial charge in [0.1, 0.15) is 6.73 Å². The van der Waals surface area contributed by atoms with Crippen LogP contribution in [0.4, 0.5) is 5.69 Å². The minimum absolute atomic E-state index is 0.00871. The number of fused-ring (bicyclic) bond motifs is 1. The van der Waals surface area contributed by atoms with Crippen LogP contribution in [-0.2, 0) is 18.5 Å². The lowest BCUT2D eigenvalue weighted by Gasteiger charge is -2.30. The van der Waals surface area contributed by atoms with Gasteiger partial charge in [-0.1, -0.05) is 25.7 Å². The van der Waals surface area contributed by atoms with E-state index in [2.05, 4.69) is 35.9 Å². The van der Waals surface area contributed by atoms with Gasteiger partial charge < -0.3 is 15.0 Å². The zero-order valence-electron chi connectivity index (χ0n) is 15.8. The van der Waals surface area contributed by atoms with E-state index in [-0.39, 0.29) is 5.69 Å². The molecule has 0 unspecified atom stereocenters. The van der Waals surface area contributed by atoms with E-state index in [0.29, 0.717) is 6.73 Å². The van der Waals surface area contributed by atoms with Crippen LogP contribution in [0.1, 0.15) is 0 Å². The van der Waals surface area contributed by atoms with E-state index in [1.54, 1.807) is 9.13 Å². The van der Waals surface area contributed by atoms with Crippen LogP contribution in [0.25, 0.3) is 11.0 Å². The van der Waals surface area contributed by atoms with Crippen LogP contribution in [0.15, 0.2) is 23.0 Å². The van der Waals surface area contributed by atoms with Crippen LogP contribution in [-0.4, -0.2) is 50.0 Å². The first-order valence-corrected chi connectivity index (χ1v) is 12.8. The minimum Gasteiger partial charge on any atom is -0.367 e.